The molecule has 2 aromatic rings. The van der Waals surface area contributed by atoms with Crippen molar-refractivity contribution in [1.82, 2.24) is 4.98 Å². The molecule has 2 heteroatoms. The summed E-state index contributed by atoms with van der Waals surface area (Å²) in [6.45, 7) is 7.58. The number of ether oxygens (including phenoxy) is 1. The molecule has 2 nitrogen and oxygen atoms in total. The number of pyridine rings is 1. The molecular formula is C28H43NO. The number of rotatable bonds is 16. The number of aromatic nitrogens is 1. The van der Waals surface area contributed by atoms with Crippen LogP contribution in [0, 0.1) is 5.92 Å². The Kier molecular flexibility index (Phi) is 12.3. The molecule has 1 aromatic heterocycles. The van der Waals surface area contributed by atoms with Crippen LogP contribution >= 0.6 is 0 Å². The average Bonchev–Trinajstić information content (AvgIpc) is 2.79. The van der Waals surface area contributed by atoms with Crippen LogP contribution < -0.4 is 4.74 Å². The highest BCUT2D eigenvalue weighted by Crippen LogP contribution is 2.22. The molecule has 0 aliphatic carbocycles. The summed E-state index contributed by atoms with van der Waals surface area (Å²) in [5.74, 6) is 1.67. The number of hydrogen-bond donors (Lipinski definition) is 0. The number of benzene rings is 1. The van der Waals surface area contributed by atoms with E-state index in [0.717, 1.165) is 42.4 Å². The third kappa shape index (κ3) is 9.78. The fourth-order valence-electron chi connectivity index (χ4n) is 3.69. The van der Waals surface area contributed by atoms with E-state index in [1.807, 2.05) is 0 Å². The number of aryl methyl sites for hydroxylation is 1. The first-order valence-corrected chi connectivity index (χ1v) is 12.4. The molecule has 0 N–H and O–H groups in total. The van der Waals surface area contributed by atoms with E-state index in [4.69, 9.17) is 9.72 Å². The molecule has 1 atom stereocenters. The zero-order valence-electron chi connectivity index (χ0n) is 19.7. The zero-order valence-corrected chi connectivity index (χ0v) is 19.7. The van der Waals surface area contributed by atoms with Crippen molar-refractivity contribution in [3.05, 3.63) is 48.2 Å². The molecular weight excluding hydrogens is 366 g/mol. The molecule has 0 fully saturated rings. The summed E-state index contributed by atoms with van der Waals surface area (Å²) in [7, 11) is 0. The molecule has 0 bridgehead atoms. The minimum Gasteiger partial charge on any atom is -0.494 e. The Balaban J connectivity index is 1.66. The molecule has 1 aromatic carbocycles. The van der Waals surface area contributed by atoms with Crippen LogP contribution in [0.1, 0.15) is 97.0 Å². The van der Waals surface area contributed by atoms with E-state index in [1.54, 1.807) is 0 Å². The molecule has 0 aliphatic heterocycles. The van der Waals surface area contributed by atoms with Gasteiger partial charge in [-0.25, -0.2) is 0 Å². The van der Waals surface area contributed by atoms with Crippen LogP contribution in [0.25, 0.3) is 11.3 Å². The molecule has 0 spiro atoms. The summed E-state index contributed by atoms with van der Waals surface area (Å²) in [5, 5.41) is 0. The van der Waals surface area contributed by atoms with Crippen LogP contribution in [0.2, 0.25) is 0 Å². The van der Waals surface area contributed by atoms with E-state index in [1.165, 1.54) is 69.8 Å². The smallest absolute Gasteiger partial charge is 0.119 e. The van der Waals surface area contributed by atoms with Crippen molar-refractivity contribution in [2.24, 2.45) is 5.92 Å². The molecule has 0 saturated carbocycles. The first-order chi connectivity index (χ1) is 14.7. The lowest BCUT2D eigenvalue weighted by Crippen LogP contribution is -2.03. The van der Waals surface area contributed by atoms with Crippen LogP contribution in [0.4, 0.5) is 0 Å². The Morgan fingerprint density at radius 2 is 1.47 bits per heavy atom. The predicted octanol–water partition coefficient (Wildman–Crippen LogP) is 8.64. The van der Waals surface area contributed by atoms with Crippen molar-refractivity contribution in [3.63, 3.8) is 0 Å². The quantitative estimate of drug-likeness (QED) is 0.259. The van der Waals surface area contributed by atoms with Gasteiger partial charge in [0.1, 0.15) is 5.75 Å². The number of unbranched alkanes of at least 4 members (excludes halogenated alkanes) is 8. The lowest BCUT2D eigenvalue weighted by atomic mass is 10.0. The molecule has 30 heavy (non-hydrogen) atoms. The third-order valence-electron chi connectivity index (χ3n) is 6.12. The average molecular weight is 410 g/mol. The van der Waals surface area contributed by atoms with Gasteiger partial charge in [-0.3, -0.25) is 4.98 Å². The van der Waals surface area contributed by atoms with Crippen LogP contribution in [-0.4, -0.2) is 11.6 Å². The summed E-state index contributed by atoms with van der Waals surface area (Å²) in [6.07, 6.45) is 17.9. The van der Waals surface area contributed by atoms with E-state index in [9.17, 15) is 0 Å². The first kappa shape index (κ1) is 24.4. The maximum absolute atomic E-state index is 5.86. The predicted molar refractivity (Wildman–Crippen MR) is 130 cm³/mol. The minimum atomic E-state index is 0.725. The zero-order chi connectivity index (χ0) is 21.4. The summed E-state index contributed by atoms with van der Waals surface area (Å²) in [4.78, 5) is 4.69. The molecule has 166 valence electrons. The molecule has 1 unspecified atom stereocenters. The number of hydrogen-bond acceptors (Lipinski definition) is 2. The van der Waals surface area contributed by atoms with Gasteiger partial charge in [0.25, 0.3) is 0 Å². The van der Waals surface area contributed by atoms with Gasteiger partial charge in [-0.15, -0.1) is 0 Å². The van der Waals surface area contributed by atoms with Gasteiger partial charge in [0.2, 0.25) is 0 Å². The molecule has 1 heterocycles. The van der Waals surface area contributed by atoms with Crippen molar-refractivity contribution in [3.8, 4) is 17.0 Å². The van der Waals surface area contributed by atoms with E-state index in [2.05, 4.69) is 63.4 Å². The Hall–Kier alpha value is -1.83. The van der Waals surface area contributed by atoms with Crippen molar-refractivity contribution in [2.75, 3.05) is 6.61 Å². The lowest BCUT2D eigenvalue weighted by Gasteiger charge is -2.10. The second kappa shape index (κ2) is 15.0. The van der Waals surface area contributed by atoms with Crippen molar-refractivity contribution >= 4 is 0 Å². The van der Waals surface area contributed by atoms with Crippen molar-refractivity contribution in [1.29, 1.82) is 0 Å². The topological polar surface area (TPSA) is 22.1 Å². The van der Waals surface area contributed by atoms with E-state index < -0.39 is 0 Å². The fourth-order valence-corrected chi connectivity index (χ4v) is 3.69. The third-order valence-corrected chi connectivity index (χ3v) is 6.12. The van der Waals surface area contributed by atoms with Crippen LogP contribution in [0.15, 0.2) is 42.6 Å². The Morgan fingerprint density at radius 1 is 0.800 bits per heavy atom. The molecule has 0 amide bonds. The van der Waals surface area contributed by atoms with E-state index >= 15 is 0 Å². The monoisotopic (exact) mass is 409 g/mol. The van der Waals surface area contributed by atoms with Gasteiger partial charge in [-0.05, 0) is 61.1 Å². The Bertz CT molecular complexity index is 662. The van der Waals surface area contributed by atoms with E-state index in [-0.39, 0.29) is 0 Å². The first-order valence-electron chi connectivity index (χ1n) is 12.4. The second-order valence-electron chi connectivity index (χ2n) is 8.81. The molecule has 0 saturated heterocycles. The van der Waals surface area contributed by atoms with Crippen molar-refractivity contribution < 1.29 is 4.74 Å². The highest BCUT2D eigenvalue weighted by atomic mass is 16.5. The van der Waals surface area contributed by atoms with Gasteiger partial charge in [-0.2, -0.15) is 0 Å². The highest BCUT2D eigenvalue weighted by molar-refractivity contribution is 5.60. The van der Waals surface area contributed by atoms with Gasteiger partial charge >= 0.3 is 0 Å². The summed E-state index contributed by atoms with van der Waals surface area (Å²) >= 11 is 0. The largest absolute Gasteiger partial charge is 0.494 e. The van der Waals surface area contributed by atoms with Gasteiger partial charge in [-0.1, -0.05) is 84.6 Å². The summed E-state index contributed by atoms with van der Waals surface area (Å²) < 4.78 is 5.86. The summed E-state index contributed by atoms with van der Waals surface area (Å²) in [6, 6.07) is 12.7. The maximum atomic E-state index is 5.86. The van der Waals surface area contributed by atoms with Gasteiger partial charge in [0.05, 0.1) is 12.3 Å². The number of nitrogens with zero attached hydrogens (tertiary/aromatic N) is 1. The highest BCUT2D eigenvalue weighted by Gasteiger charge is 2.03. The fraction of sp³-hybridized carbons (Fsp3) is 0.607. The Labute approximate surface area is 185 Å². The summed E-state index contributed by atoms with van der Waals surface area (Å²) in [5.41, 5.74) is 3.54. The van der Waals surface area contributed by atoms with Crippen LogP contribution in [0.5, 0.6) is 5.75 Å². The standard InChI is InChI=1S/C28H43NO/c1-4-6-7-8-9-10-11-12-13-14-25-15-20-28(29-23-25)26-16-18-27(19-17-26)30-22-21-24(3)5-2/h15-20,23-24H,4-14,21-22H2,1-3H3. The van der Waals surface area contributed by atoms with Crippen LogP contribution in [0.3, 0.4) is 0 Å². The van der Waals surface area contributed by atoms with E-state index in [0.29, 0.717) is 0 Å². The second-order valence-corrected chi connectivity index (χ2v) is 8.81. The van der Waals surface area contributed by atoms with Gasteiger partial charge < -0.3 is 4.74 Å². The SMILES string of the molecule is CCCCCCCCCCCc1ccc(-c2ccc(OCCC(C)CC)cc2)nc1. The van der Waals surface area contributed by atoms with Crippen LogP contribution in [-0.2, 0) is 6.42 Å². The van der Waals surface area contributed by atoms with Gasteiger partial charge in [0, 0.05) is 11.8 Å². The minimum absolute atomic E-state index is 0.725. The van der Waals surface area contributed by atoms with Crippen molar-refractivity contribution in [2.45, 2.75) is 97.8 Å². The Morgan fingerprint density at radius 3 is 2.07 bits per heavy atom. The van der Waals surface area contributed by atoms with Gasteiger partial charge in [0.15, 0.2) is 0 Å². The maximum Gasteiger partial charge on any atom is 0.119 e. The molecule has 0 radical (unpaired) electrons. The molecule has 0 aliphatic rings. The molecule has 2 rings (SSSR count). The lowest BCUT2D eigenvalue weighted by molar-refractivity contribution is 0.282. The normalized spacial score (nSPS) is 12.1.